The van der Waals surface area contributed by atoms with Crippen LogP contribution in [0.5, 0.6) is 0 Å². The van der Waals surface area contributed by atoms with Gasteiger partial charge in [-0.2, -0.15) is 0 Å². The van der Waals surface area contributed by atoms with Gasteiger partial charge in [-0.1, -0.05) is 86.0 Å². The largest absolute Gasteiger partial charge is 0.278 e. The molecule has 1 heteroatoms. The van der Waals surface area contributed by atoms with Gasteiger partial charge >= 0.3 is 0 Å². The molecule has 0 amide bonds. The van der Waals surface area contributed by atoms with E-state index in [-0.39, 0.29) is 0 Å². The third-order valence-electron chi connectivity index (χ3n) is 4.22. The lowest BCUT2D eigenvalue weighted by Crippen LogP contribution is -2.26. The summed E-state index contributed by atoms with van der Waals surface area (Å²) >= 11 is -0.765. The standard InChI is InChI=1S/C10H9.2C4H9.Al/c1-8-6-9-4-2-3-5-10(9)7-8;2*1-4(2)3;/h2-7H,1H3;2*4H,1H2,2-3H3;. The average molecular weight is 270 g/mol. The third kappa shape index (κ3) is 3.53. The minimum Gasteiger partial charge on any atom is -0.0909 e. The Morgan fingerprint density at radius 3 is 2.16 bits per heavy atom. The Balaban J connectivity index is 2.29. The zero-order valence-corrected chi connectivity index (χ0v) is 14.3. The molecule has 0 saturated carbocycles. The SMILES string of the molecule is CC1=Cc2ccccc2[CH]1[Al]([CH2]C(C)C)[CH2]C(C)C. The minimum absolute atomic E-state index is 0.765. The van der Waals surface area contributed by atoms with Crippen molar-refractivity contribution >= 4 is 20.2 Å². The molecule has 0 N–H and O–H groups in total. The zero-order chi connectivity index (χ0) is 14.0. The lowest BCUT2D eigenvalue weighted by atomic mass is 10.1. The normalized spacial score (nSPS) is 17.8. The second-order valence-electron chi connectivity index (χ2n) is 7.01. The number of hydrogen-bond acceptors (Lipinski definition) is 0. The van der Waals surface area contributed by atoms with Crippen LogP contribution in [-0.2, 0) is 0 Å². The number of fused-ring (bicyclic) bond motifs is 1. The highest BCUT2D eigenvalue weighted by molar-refractivity contribution is 6.61. The Morgan fingerprint density at radius 1 is 1.00 bits per heavy atom. The van der Waals surface area contributed by atoms with Crippen LogP contribution in [-0.4, -0.2) is 14.1 Å². The molecule has 2 rings (SSSR count). The van der Waals surface area contributed by atoms with Crippen molar-refractivity contribution in [3.63, 3.8) is 0 Å². The quantitative estimate of drug-likeness (QED) is 0.617. The maximum Gasteiger partial charge on any atom is 0.278 e. The van der Waals surface area contributed by atoms with Gasteiger partial charge in [-0.25, -0.2) is 0 Å². The maximum absolute atomic E-state index is 2.43. The second kappa shape index (κ2) is 6.29. The Bertz CT molecular complexity index is 447. The van der Waals surface area contributed by atoms with Gasteiger partial charge in [-0.3, -0.25) is 0 Å². The predicted molar refractivity (Wildman–Crippen MR) is 87.9 cm³/mol. The lowest BCUT2D eigenvalue weighted by molar-refractivity contribution is 0.681. The van der Waals surface area contributed by atoms with Gasteiger partial charge in [-0.15, -0.1) is 0 Å². The molecule has 19 heavy (non-hydrogen) atoms. The summed E-state index contributed by atoms with van der Waals surface area (Å²) in [5, 5.41) is 2.95. The average Bonchev–Trinajstić information content (AvgIpc) is 2.62. The van der Waals surface area contributed by atoms with E-state index in [0.717, 1.165) is 16.6 Å². The molecule has 1 aliphatic carbocycles. The number of hydrogen-bond donors (Lipinski definition) is 0. The number of benzene rings is 1. The first-order valence-electron chi connectivity index (χ1n) is 7.76. The Hall–Kier alpha value is -0.508. The summed E-state index contributed by atoms with van der Waals surface area (Å²) in [5.41, 5.74) is 4.73. The predicted octanol–water partition coefficient (Wildman–Crippen LogP) is 5.53. The molecule has 0 heterocycles. The van der Waals surface area contributed by atoms with Gasteiger partial charge in [0.05, 0.1) is 0 Å². The smallest absolute Gasteiger partial charge is 0.0909 e. The van der Waals surface area contributed by atoms with Gasteiger partial charge in [0.2, 0.25) is 0 Å². The van der Waals surface area contributed by atoms with Crippen molar-refractivity contribution in [2.45, 2.75) is 50.0 Å². The highest BCUT2D eigenvalue weighted by Gasteiger charge is 2.35. The van der Waals surface area contributed by atoms with Gasteiger partial charge in [0.25, 0.3) is 14.1 Å². The van der Waals surface area contributed by atoms with E-state index in [1.54, 1.807) is 11.1 Å². The first-order chi connectivity index (χ1) is 8.99. The van der Waals surface area contributed by atoms with Crippen LogP contribution < -0.4 is 0 Å². The molecule has 1 aromatic carbocycles. The van der Waals surface area contributed by atoms with E-state index in [1.807, 2.05) is 0 Å². The molecule has 0 aliphatic heterocycles. The van der Waals surface area contributed by atoms with Gasteiger partial charge < -0.3 is 0 Å². The van der Waals surface area contributed by atoms with Crippen molar-refractivity contribution in [3.8, 4) is 0 Å². The summed E-state index contributed by atoms with van der Waals surface area (Å²) in [6.45, 7) is 11.9. The van der Waals surface area contributed by atoms with Crippen LogP contribution in [0.2, 0.25) is 10.6 Å². The molecule has 0 spiro atoms. The third-order valence-corrected chi connectivity index (χ3v) is 9.15. The zero-order valence-electron chi connectivity index (χ0n) is 13.1. The van der Waals surface area contributed by atoms with Crippen molar-refractivity contribution in [3.05, 3.63) is 41.0 Å². The Labute approximate surface area is 123 Å². The van der Waals surface area contributed by atoms with Crippen molar-refractivity contribution < 1.29 is 0 Å². The van der Waals surface area contributed by atoms with Crippen molar-refractivity contribution in [1.82, 2.24) is 0 Å². The van der Waals surface area contributed by atoms with E-state index in [4.69, 9.17) is 0 Å². The van der Waals surface area contributed by atoms with E-state index < -0.39 is 14.1 Å². The van der Waals surface area contributed by atoms with E-state index in [1.165, 1.54) is 16.1 Å². The summed E-state index contributed by atoms with van der Waals surface area (Å²) in [5.74, 6) is 1.69. The molecule has 1 aromatic rings. The fourth-order valence-electron chi connectivity index (χ4n) is 3.71. The summed E-state index contributed by atoms with van der Waals surface area (Å²) in [7, 11) is 0. The van der Waals surface area contributed by atoms with Crippen LogP contribution in [0.3, 0.4) is 0 Å². The summed E-state index contributed by atoms with van der Waals surface area (Å²) in [6, 6.07) is 9.05. The van der Waals surface area contributed by atoms with E-state index in [0.29, 0.717) is 0 Å². The topological polar surface area (TPSA) is 0 Å². The Kier molecular flexibility index (Phi) is 4.93. The van der Waals surface area contributed by atoms with E-state index in [9.17, 15) is 0 Å². The molecule has 0 fully saturated rings. The second-order valence-corrected chi connectivity index (χ2v) is 10.1. The maximum atomic E-state index is 2.43. The van der Waals surface area contributed by atoms with Crippen LogP contribution in [0.4, 0.5) is 0 Å². The van der Waals surface area contributed by atoms with Gasteiger partial charge in [-0.05, 0) is 22.8 Å². The fourth-order valence-corrected chi connectivity index (χ4v) is 8.52. The van der Waals surface area contributed by atoms with Crippen LogP contribution >= 0.6 is 0 Å². The molecule has 1 atom stereocenters. The van der Waals surface area contributed by atoms with E-state index in [2.05, 4.69) is 65.0 Å². The first kappa shape index (κ1) is 14.9. The minimum atomic E-state index is -0.765. The summed E-state index contributed by atoms with van der Waals surface area (Å²) in [6.07, 6.45) is 2.43. The fraction of sp³-hybridized carbons (Fsp3) is 0.556. The van der Waals surface area contributed by atoms with E-state index >= 15 is 0 Å². The van der Waals surface area contributed by atoms with Crippen LogP contribution in [0.15, 0.2) is 29.8 Å². The van der Waals surface area contributed by atoms with Crippen LogP contribution in [0.1, 0.15) is 50.5 Å². The van der Waals surface area contributed by atoms with Crippen molar-refractivity contribution in [2.75, 3.05) is 0 Å². The molecule has 0 bridgehead atoms. The molecular weight excluding hydrogens is 243 g/mol. The van der Waals surface area contributed by atoms with Crippen LogP contribution in [0, 0.1) is 11.8 Å². The molecule has 0 radical (unpaired) electrons. The first-order valence-corrected chi connectivity index (χ1v) is 10.1. The molecule has 1 aliphatic rings. The molecule has 0 aromatic heterocycles. The lowest BCUT2D eigenvalue weighted by Gasteiger charge is -2.25. The van der Waals surface area contributed by atoms with Gasteiger partial charge in [0.1, 0.15) is 0 Å². The molecular formula is C18H27Al. The van der Waals surface area contributed by atoms with Crippen LogP contribution in [0.25, 0.3) is 6.08 Å². The molecule has 102 valence electrons. The van der Waals surface area contributed by atoms with Gasteiger partial charge in [0.15, 0.2) is 0 Å². The van der Waals surface area contributed by atoms with Crippen molar-refractivity contribution in [2.24, 2.45) is 11.8 Å². The molecule has 0 nitrogen and oxygen atoms in total. The highest BCUT2D eigenvalue weighted by Crippen LogP contribution is 2.41. The monoisotopic (exact) mass is 270 g/mol. The Morgan fingerprint density at radius 2 is 1.58 bits per heavy atom. The van der Waals surface area contributed by atoms with Gasteiger partial charge in [0, 0.05) is 0 Å². The highest BCUT2D eigenvalue weighted by atomic mass is 27.2. The molecule has 0 saturated heterocycles. The summed E-state index contributed by atoms with van der Waals surface area (Å²) < 4.78 is 0.793. The summed E-state index contributed by atoms with van der Waals surface area (Å²) in [4.78, 5) is 0. The number of rotatable bonds is 5. The number of allylic oxidation sites excluding steroid dienone is 1. The molecule has 1 unspecified atom stereocenters. The van der Waals surface area contributed by atoms with Crippen molar-refractivity contribution in [1.29, 1.82) is 0 Å².